The van der Waals surface area contributed by atoms with Crippen molar-refractivity contribution in [2.24, 2.45) is 17.6 Å². The van der Waals surface area contributed by atoms with Gasteiger partial charge in [0.2, 0.25) is 5.91 Å². The van der Waals surface area contributed by atoms with Gasteiger partial charge in [-0.05, 0) is 31.1 Å². The summed E-state index contributed by atoms with van der Waals surface area (Å²) in [6.45, 7) is 0. The van der Waals surface area contributed by atoms with Crippen LogP contribution in [0, 0.1) is 11.8 Å². The number of nitrogens with two attached hydrogens (primary N) is 1. The van der Waals surface area contributed by atoms with E-state index in [2.05, 4.69) is 15.3 Å². The first-order valence-corrected chi connectivity index (χ1v) is 9.94. The summed E-state index contributed by atoms with van der Waals surface area (Å²) in [7, 11) is 0. The van der Waals surface area contributed by atoms with Crippen molar-refractivity contribution >= 4 is 5.91 Å². The fourth-order valence-electron chi connectivity index (χ4n) is 4.04. The van der Waals surface area contributed by atoms with Crippen molar-refractivity contribution in [2.75, 3.05) is 0 Å². The zero-order valence-corrected chi connectivity index (χ0v) is 15.3. The summed E-state index contributed by atoms with van der Waals surface area (Å²) in [6, 6.07) is -1.16. The second kappa shape index (κ2) is 8.97. The smallest absolute Gasteiger partial charge is 0.237 e. The number of hydrogen-bond donors (Lipinski definition) is 5. The minimum atomic E-state index is -0.937. The van der Waals surface area contributed by atoms with Crippen LogP contribution in [0.25, 0.3) is 0 Å². The van der Waals surface area contributed by atoms with Crippen molar-refractivity contribution < 1.29 is 15.0 Å². The van der Waals surface area contributed by atoms with Gasteiger partial charge in [0.1, 0.15) is 6.10 Å². The third-order valence-electron chi connectivity index (χ3n) is 5.84. The van der Waals surface area contributed by atoms with E-state index in [1.54, 1.807) is 12.5 Å². The SMILES string of the molecule is N[C@@H](Cc1cnc[nH]1)C(=O)N[C@@H](CC1CCCCC1)[C@@H](O)[C@@H](O)C1CC1. The number of nitrogens with one attached hydrogen (secondary N) is 2. The van der Waals surface area contributed by atoms with Crippen LogP contribution in [0.15, 0.2) is 12.5 Å². The average molecular weight is 364 g/mol. The summed E-state index contributed by atoms with van der Waals surface area (Å²) in [5.74, 6) is 0.357. The van der Waals surface area contributed by atoms with Gasteiger partial charge in [-0.2, -0.15) is 0 Å². The van der Waals surface area contributed by atoms with Gasteiger partial charge in [0.25, 0.3) is 0 Å². The van der Waals surface area contributed by atoms with Crippen LogP contribution in [0.3, 0.4) is 0 Å². The van der Waals surface area contributed by atoms with Crippen molar-refractivity contribution in [2.45, 2.75) is 82.1 Å². The summed E-state index contributed by atoms with van der Waals surface area (Å²) in [6.07, 6.45) is 10.4. The highest BCUT2D eigenvalue weighted by Crippen LogP contribution is 2.36. The number of nitrogens with zero attached hydrogens (tertiary/aromatic N) is 1. The lowest BCUT2D eigenvalue weighted by atomic mass is 9.82. The molecule has 7 nitrogen and oxygen atoms in total. The van der Waals surface area contributed by atoms with E-state index in [9.17, 15) is 15.0 Å². The minimum absolute atomic E-state index is 0.162. The first kappa shape index (κ1) is 19.3. The van der Waals surface area contributed by atoms with Crippen LogP contribution >= 0.6 is 0 Å². The van der Waals surface area contributed by atoms with Crippen LogP contribution in [0.1, 0.15) is 57.1 Å². The van der Waals surface area contributed by atoms with E-state index in [0.29, 0.717) is 18.8 Å². The average Bonchev–Trinajstić information content (AvgIpc) is 3.38. The molecule has 2 saturated carbocycles. The summed E-state index contributed by atoms with van der Waals surface area (Å²) < 4.78 is 0. The highest BCUT2D eigenvalue weighted by molar-refractivity contribution is 5.82. The molecule has 0 saturated heterocycles. The van der Waals surface area contributed by atoms with E-state index in [0.717, 1.165) is 31.4 Å². The Bertz CT molecular complexity index is 555. The third kappa shape index (κ3) is 5.28. The molecule has 1 heterocycles. The van der Waals surface area contributed by atoms with Gasteiger partial charge in [0, 0.05) is 18.3 Å². The zero-order valence-electron chi connectivity index (χ0n) is 15.3. The number of rotatable bonds is 9. The lowest BCUT2D eigenvalue weighted by Crippen LogP contribution is -2.54. The van der Waals surface area contributed by atoms with Crippen LogP contribution < -0.4 is 11.1 Å². The largest absolute Gasteiger partial charge is 0.390 e. The molecule has 3 rings (SSSR count). The first-order valence-electron chi connectivity index (χ1n) is 9.94. The van der Waals surface area contributed by atoms with Crippen LogP contribution in [0.4, 0.5) is 0 Å². The molecule has 1 aromatic rings. The monoisotopic (exact) mass is 364 g/mol. The lowest BCUT2D eigenvalue weighted by Gasteiger charge is -2.33. The van der Waals surface area contributed by atoms with Crippen molar-refractivity contribution in [1.82, 2.24) is 15.3 Å². The number of H-pyrrole nitrogens is 1. The van der Waals surface area contributed by atoms with Crippen LogP contribution in [-0.2, 0) is 11.2 Å². The minimum Gasteiger partial charge on any atom is -0.390 e. The second-order valence-electron chi connectivity index (χ2n) is 8.06. The van der Waals surface area contributed by atoms with E-state index >= 15 is 0 Å². The molecule has 0 bridgehead atoms. The van der Waals surface area contributed by atoms with E-state index < -0.39 is 24.3 Å². The Hall–Kier alpha value is -1.44. The highest BCUT2D eigenvalue weighted by Gasteiger charge is 2.39. The third-order valence-corrected chi connectivity index (χ3v) is 5.84. The normalized spacial score (nSPS) is 23.2. The number of aromatic amines is 1. The predicted molar refractivity (Wildman–Crippen MR) is 98.1 cm³/mol. The molecule has 1 aromatic heterocycles. The maximum atomic E-state index is 12.6. The summed E-state index contributed by atoms with van der Waals surface area (Å²) in [5.41, 5.74) is 6.84. The molecule has 2 fully saturated rings. The quantitative estimate of drug-likeness (QED) is 0.445. The van der Waals surface area contributed by atoms with E-state index in [1.807, 2.05) is 0 Å². The van der Waals surface area contributed by atoms with Crippen molar-refractivity contribution in [3.63, 3.8) is 0 Å². The van der Waals surface area contributed by atoms with Crippen LogP contribution in [0.2, 0.25) is 0 Å². The van der Waals surface area contributed by atoms with E-state index in [1.165, 1.54) is 19.3 Å². The van der Waals surface area contributed by atoms with Crippen molar-refractivity contribution in [1.29, 1.82) is 0 Å². The Labute approximate surface area is 154 Å². The number of hydrogen-bond acceptors (Lipinski definition) is 5. The number of amides is 1. The molecular weight excluding hydrogens is 332 g/mol. The van der Waals surface area contributed by atoms with Gasteiger partial charge in [0.05, 0.1) is 24.5 Å². The fraction of sp³-hybridized carbons (Fsp3) is 0.789. The topological polar surface area (TPSA) is 124 Å². The van der Waals surface area contributed by atoms with Crippen molar-refractivity contribution in [3.05, 3.63) is 18.2 Å². The van der Waals surface area contributed by atoms with Gasteiger partial charge in [-0.1, -0.05) is 32.1 Å². The van der Waals surface area contributed by atoms with Gasteiger partial charge in [0.15, 0.2) is 0 Å². The standard InChI is InChI=1S/C19H32N4O3/c20-15(9-14-10-21-11-22-14)19(26)23-16(8-12-4-2-1-3-5-12)18(25)17(24)13-6-7-13/h10-13,15-18,24-25H,1-9,20H2,(H,21,22)(H,23,26)/t15-,16-,17-,18+/m0/s1. The molecule has 0 aromatic carbocycles. The first-order chi connectivity index (χ1) is 12.5. The summed E-state index contributed by atoms with van der Waals surface area (Å²) in [4.78, 5) is 19.5. The van der Waals surface area contributed by atoms with Crippen LogP contribution in [-0.4, -0.2) is 50.4 Å². The maximum absolute atomic E-state index is 12.6. The van der Waals surface area contributed by atoms with E-state index in [4.69, 9.17) is 5.73 Å². The Morgan fingerprint density at radius 2 is 2.00 bits per heavy atom. The predicted octanol–water partition coefficient (Wildman–Crippen LogP) is 0.866. The van der Waals surface area contributed by atoms with Crippen LogP contribution in [0.5, 0.6) is 0 Å². The van der Waals surface area contributed by atoms with Gasteiger partial charge in [-0.25, -0.2) is 4.98 Å². The molecule has 0 unspecified atom stereocenters. The highest BCUT2D eigenvalue weighted by atomic mass is 16.3. The second-order valence-corrected chi connectivity index (χ2v) is 8.06. The molecule has 1 amide bonds. The molecule has 4 atom stereocenters. The molecule has 0 aliphatic heterocycles. The Morgan fingerprint density at radius 3 is 2.62 bits per heavy atom. The fourth-order valence-corrected chi connectivity index (χ4v) is 4.04. The van der Waals surface area contributed by atoms with Gasteiger partial charge >= 0.3 is 0 Å². The maximum Gasteiger partial charge on any atom is 0.237 e. The lowest BCUT2D eigenvalue weighted by molar-refractivity contribution is -0.125. The number of imidazole rings is 1. The Balaban J connectivity index is 1.60. The summed E-state index contributed by atoms with van der Waals surface area (Å²) in [5, 5.41) is 24.0. The number of carbonyl (C=O) groups excluding carboxylic acids is 1. The number of aliphatic hydroxyl groups excluding tert-OH is 2. The number of carbonyl (C=O) groups is 1. The molecule has 26 heavy (non-hydrogen) atoms. The van der Waals surface area contributed by atoms with Gasteiger partial charge in [-0.15, -0.1) is 0 Å². The zero-order chi connectivity index (χ0) is 18.5. The van der Waals surface area contributed by atoms with Gasteiger partial charge in [-0.3, -0.25) is 4.79 Å². The molecule has 2 aliphatic rings. The van der Waals surface area contributed by atoms with E-state index in [-0.39, 0.29) is 11.8 Å². The summed E-state index contributed by atoms with van der Waals surface area (Å²) >= 11 is 0. The molecule has 2 aliphatic carbocycles. The molecular formula is C19H32N4O3. The number of aromatic nitrogens is 2. The molecule has 146 valence electrons. The van der Waals surface area contributed by atoms with Gasteiger partial charge < -0.3 is 26.2 Å². The Morgan fingerprint density at radius 1 is 1.27 bits per heavy atom. The Kier molecular flexibility index (Phi) is 6.67. The molecule has 0 spiro atoms. The molecule has 6 N–H and O–H groups in total. The molecule has 7 heteroatoms. The number of aliphatic hydroxyl groups is 2. The molecule has 0 radical (unpaired) electrons. The van der Waals surface area contributed by atoms with Crippen molar-refractivity contribution in [3.8, 4) is 0 Å².